The quantitative estimate of drug-likeness (QED) is 0.309. The van der Waals surface area contributed by atoms with Crippen molar-refractivity contribution in [3.8, 4) is 11.8 Å². The summed E-state index contributed by atoms with van der Waals surface area (Å²) in [4.78, 5) is 20.6. The van der Waals surface area contributed by atoms with Gasteiger partial charge in [-0.15, -0.1) is 0 Å². The Balaban J connectivity index is 0.00000306. The second-order valence-corrected chi connectivity index (χ2v) is 8.18. The van der Waals surface area contributed by atoms with Gasteiger partial charge in [-0.2, -0.15) is 8.42 Å². The van der Waals surface area contributed by atoms with Gasteiger partial charge in [-0.05, 0) is 42.3 Å². The van der Waals surface area contributed by atoms with E-state index in [1.807, 2.05) is 4.72 Å². The van der Waals surface area contributed by atoms with Crippen LogP contribution in [-0.2, 0) is 16.6 Å². The normalized spacial score (nSPS) is 11.1. The predicted octanol–water partition coefficient (Wildman–Crippen LogP) is 2.38. The van der Waals surface area contributed by atoms with E-state index in [-0.39, 0.29) is 86.2 Å². The Kier molecular flexibility index (Phi) is 8.00. The van der Waals surface area contributed by atoms with Crippen LogP contribution in [0.3, 0.4) is 0 Å². The van der Waals surface area contributed by atoms with Crippen LogP contribution in [0.25, 0.3) is 11.0 Å². The molecule has 0 saturated carbocycles. The van der Waals surface area contributed by atoms with Gasteiger partial charge >= 0.3 is 63.0 Å². The number of aromatic nitrogens is 2. The van der Waals surface area contributed by atoms with E-state index in [0.29, 0.717) is 16.7 Å². The van der Waals surface area contributed by atoms with Gasteiger partial charge < -0.3 is 9.15 Å². The maximum absolute atomic E-state index is 14.8. The molecule has 12 heteroatoms. The third kappa shape index (κ3) is 6.03. The number of benzene rings is 2. The van der Waals surface area contributed by atoms with E-state index >= 15 is 0 Å². The van der Waals surface area contributed by atoms with Crippen molar-refractivity contribution in [1.82, 2.24) is 9.97 Å². The van der Waals surface area contributed by atoms with Crippen molar-refractivity contribution in [1.29, 1.82) is 0 Å². The Hall–Kier alpha value is -2.19. The van der Waals surface area contributed by atoms with Crippen LogP contribution in [-0.4, -0.2) is 69.8 Å². The van der Waals surface area contributed by atoms with Crippen molar-refractivity contribution >= 4 is 78.3 Å². The Labute approximate surface area is 230 Å². The first-order valence-electron chi connectivity index (χ1n) is 9.30. The van der Waals surface area contributed by atoms with Crippen LogP contribution in [0.15, 0.2) is 64.1 Å². The molecule has 0 aliphatic carbocycles. The third-order valence-corrected chi connectivity index (χ3v) is 5.21. The minimum atomic E-state index is -4.15. The van der Waals surface area contributed by atoms with Crippen LogP contribution in [0.1, 0.15) is 16.7 Å². The van der Waals surface area contributed by atoms with Crippen LogP contribution < -0.4 is 20.2 Å². The number of fused-ring (bicyclic) bond motifs is 1. The molecule has 166 valence electrons. The van der Waals surface area contributed by atoms with E-state index in [2.05, 4.69) is 9.97 Å². The third-order valence-electron chi connectivity index (χ3n) is 4.71. The van der Waals surface area contributed by atoms with Crippen molar-refractivity contribution < 1.29 is 22.0 Å². The van der Waals surface area contributed by atoms with E-state index in [9.17, 15) is 17.6 Å². The van der Waals surface area contributed by atoms with Crippen molar-refractivity contribution in [2.24, 2.45) is 5.14 Å². The summed E-state index contributed by atoms with van der Waals surface area (Å²) in [6.07, 6.45) is 2.96. The fourth-order valence-corrected chi connectivity index (χ4v) is 3.69. The number of aryl methyl sites for hydroxylation is 1. The van der Waals surface area contributed by atoms with Gasteiger partial charge in [-0.25, -0.2) is 24.3 Å². The molecule has 2 aromatic heterocycles. The molecule has 0 aliphatic rings. The molecule has 0 fully saturated rings. The number of halogens is 1. The van der Waals surface area contributed by atoms with Gasteiger partial charge in [0.1, 0.15) is 11.3 Å². The Morgan fingerprint density at radius 3 is 2.58 bits per heavy atom. The summed E-state index contributed by atoms with van der Waals surface area (Å²) in [5.41, 5.74) is 0.279. The molecular formula is C21H18FKN4O5S. The summed E-state index contributed by atoms with van der Waals surface area (Å²) in [6, 6.07) is 10.9. The van der Waals surface area contributed by atoms with Gasteiger partial charge in [0.25, 0.3) is 10.2 Å². The van der Waals surface area contributed by atoms with Crippen LogP contribution in [0.4, 0.5) is 10.1 Å². The summed E-state index contributed by atoms with van der Waals surface area (Å²) < 4.78 is 50.2. The molecule has 0 radical (unpaired) electrons. The molecule has 4 aromatic rings. The summed E-state index contributed by atoms with van der Waals surface area (Å²) >= 11 is 0. The van der Waals surface area contributed by atoms with Crippen molar-refractivity contribution in [3.05, 3.63) is 87.8 Å². The molecule has 0 aliphatic heterocycles. The summed E-state index contributed by atoms with van der Waals surface area (Å²) in [5.74, 6) is -0.446. The molecule has 4 rings (SSSR count). The number of hydrogen-bond acceptors (Lipinski definition) is 7. The van der Waals surface area contributed by atoms with Gasteiger partial charge in [0, 0.05) is 35.8 Å². The first-order chi connectivity index (χ1) is 15.2. The molecule has 33 heavy (non-hydrogen) atoms. The summed E-state index contributed by atoms with van der Waals surface area (Å²) in [5, 5.41) is 5.56. The second-order valence-electron chi connectivity index (χ2n) is 6.89. The van der Waals surface area contributed by atoms with Crippen molar-refractivity contribution in [3.63, 3.8) is 0 Å². The molecule has 9 nitrogen and oxygen atoms in total. The molecule has 0 bridgehead atoms. The molecule has 0 atom stereocenters. The van der Waals surface area contributed by atoms with E-state index in [0.717, 1.165) is 0 Å². The van der Waals surface area contributed by atoms with Crippen molar-refractivity contribution in [2.75, 3.05) is 4.72 Å². The zero-order chi connectivity index (χ0) is 22.9. The van der Waals surface area contributed by atoms with E-state index in [4.69, 9.17) is 14.3 Å². The molecule has 0 amide bonds. The van der Waals surface area contributed by atoms with Crippen LogP contribution in [0.5, 0.6) is 11.8 Å². The predicted molar refractivity (Wildman–Crippen MR) is 122 cm³/mol. The van der Waals surface area contributed by atoms with Crippen LogP contribution in [0, 0.1) is 12.7 Å². The minimum absolute atomic E-state index is 0. The van der Waals surface area contributed by atoms with Gasteiger partial charge in [0.15, 0.2) is 5.82 Å². The first-order valence-corrected chi connectivity index (χ1v) is 10.8. The average molecular weight is 497 g/mol. The fraction of sp³-hybridized carbons (Fsp3) is 0.0952. The average Bonchev–Trinajstić information content (AvgIpc) is 2.73. The Morgan fingerprint density at radius 1 is 1.15 bits per heavy atom. The SMILES string of the molecule is Cc1c(Cc2cccc(NS(N)(=O)=O)c2F)c(=O)oc2cc(Oc3ncccn3)ccc12.[KH]. The van der Waals surface area contributed by atoms with Crippen molar-refractivity contribution in [2.45, 2.75) is 13.3 Å². The van der Waals surface area contributed by atoms with E-state index in [1.165, 1.54) is 30.6 Å². The molecule has 0 unspecified atom stereocenters. The van der Waals surface area contributed by atoms with E-state index in [1.54, 1.807) is 31.2 Å². The number of nitrogens with zero attached hydrogens (tertiary/aromatic N) is 2. The number of hydrogen-bond donors (Lipinski definition) is 2. The van der Waals surface area contributed by atoms with Crippen LogP contribution in [0.2, 0.25) is 0 Å². The molecule has 2 aromatic carbocycles. The molecule has 0 saturated heterocycles. The number of anilines is 1. The van der Waals surface area contributed by atoms with Gasteiger partial charge in [-0.1, -0.05) is 12.1 Å². The number of ether oxygens (including phenoxy) is 1. The van der Waals surface area contributed by atoms with E-state index < -0.39 is 21.7 Å². The molecule has 3 N–H and O–H groups in total. The monoisotopic (exact) mass is 496 g/mol. The summed E-state index contributed by atoms with van der Waals surface area (Å²) in [7, 11) is -4.15. The molecule has 0 spiro atoms. The fourth-order valence-electron chi connectivity index (χ4n) is 3.22. The van der Waals surface area contributed by atoms with Crippen LogP contribution >= 0.6 is 0 Å². The Morgan fingerprint density at radius 2 is 1.88 bits per heavy atom. The first kappa shape index (κ1) is 25.4. The second kappa shape index (κ2) is 10.4. The zero-order valence-corrected chi connectivity index (χ0v) is 17.5. The molecule has 2 heterocycles. The number of rotatable bonds is 6. The zero-order valence-electron chi connectivity index (χ0n) is 16.7. The van der Waals surface area contributed by atoms with Gasteiger partial charge in [0.05, 0.1) is 5.69 Å². The molecular weight excluding hydrogens is 478 g/mol. The van der Waals surface area contributed by atoms with Gasteiger partial charge in [0.2, 0.25) is 0 Å². The standard InChI is InChI=1S/C21H17FN4O5S.K.H/c1-12-15-7-6-14(30-21-24-8-3-9-25-21)11-18(15)31-20(27)16(12)10-13-4-2-5-17(19(13)22)26-32(23,28)29;;/h2-9,11,26H,10H2,1H3,(H2,23,28,29);;. The maximum atomic E-state index is 14.8. The van der Waals surface area contributed by atoms with Gasteiger partial charge in [-0.3, -0.25) is 4.72 Å². The Bertz CT molecular complexity index is 1480. The topological polar surface area (TPSA) is 137 Å². The summed E-state index contributed by atoms with van der Waals surface area (Å²) in [6.45, 7) is 1.72. The number of nitrogens with one attached hydrogen (secondary N) is 1. The number of nitrogens with two attached hydrogens (primary N) is 1.